The third kappa shape index (κ3) is 3.91. The molecule has 3 rings (SSSR count). The van der Waals surface area contributed by atoms with E-state index >= 15 is 0 Å². The van der Waals surface area contributed by atoms with E-state index in [0.29, 0.717) is 10.6 Å². The summed E-state index contributed by atoms with van der Waals surface area (Å²) in [7, 11) is 0. The number of nitro benzene ring substituents is 1. The van der Waals surface area contributed by atoms with Crippen LogP contribution in [0.4, 0.5) is 11.4 Å². The summed E-state index contributed by atoms with van der Waals surface area (Å²) in [6.45, 7) is 3.02. The predicted molar refractivity (Wildman–Crippen MR) is 98.2 cm³/mol. The molecule has 136 valence electrons. The van der Waals surface area contributed by atoms with Crippen LogP contribution in [0.1, 0.15) is 37.7 Å². The van der Waals surface area contributed by atoms with Gasteiger partial charge in [-0.1, -0.05) is 0 Å². The van der Waals surface area contributed by atoms with Gasteiger partial charge in [0.25, 0.3) is 5.69 Å². The van der Waals surface area contributed by atoms with Gasteiger partial charge in [0.1, 0.15) is 5.69 Å². The number of nitro groups is 1. The second kappa shape index (κ2) is 7.65. The summed E-state index contributed by atoms with van der Waals surface area (Å²) < 4.78 is 5.04. The molecular weight excluding hydrogens is 356 g/mol. The zero-order chi connectivity index (χ0) is 18.7. The van der Waals surface area contributed by atoms with Crippen molar-refractivity contribution < 1.29 is 19.2 Å². The molecule has 0 aliphatic carbocycles. The lowest BCUT2D eigenvalue weighted by atomic mass is 10.1. The lowest BCUT2D eigenvalue weighted by Crippen LogP contribution is -2.19. The quantitative estimate of drug-likeness (QED) is 0.332. The Morgan fingerprint density at radius 2 is 1.96 bits per heavy atom. The molecule has 0 atom stereocenters. The maximum absolute atomic E-state index is 12.2. The number of nitrogens with zero attached hydrogens (tertiary/aromatic N) is 2. The fourth-order valence-corrected chi connectivity index (χ4v) is 3.68. The van der Waals surface area contributed by atoms with Gasteiger partial charge in [0.15, 0.2) is 6.61 Å². The standard InChI is InChI=1S/C18H18N2O5S/c1-12-4-7-17(26-12)16(21)11-25-18(22)13-5-6-14(15(10-13)20(23)24)19-8-2-3-9-19/h4-7,10H,2-3,8-9,11H2,1H3. The Morgan fingerprint density at radius 3 is 2.58 bits per heavy atom. The Bertz CT molecular complexity index is 855. The predicted octanol–water partition coefficient (Wildman–Crippen LogP) is 3.60. The van der Waals surface area contributed by atoms with Gasteiger partial charge in [-0.25, -0.2) is 4.79 Å². The fraction of sp³-hybridized carbons (Fsp3) is 0.333. The molecule has 0 amide bonds. The second-order valence-corrected chi connectivity index (χ2v) is 7.35. The number of ketones is 1. The van der Waals surface area contributed by atoms with Crippen molar-refractivity contribution in [3.8, 4) is 0 Å². The van der Waals surface area contributed by atoms with Crippen molar-refractivity contribution in [2.24, 2.45) is 0 Å². The maximum atomic E-state index is 12.2. The SMILES string of the molecule is Cc1ccc(C(=O)COC(=O)c2ccc(N3CCCC3)c([N+](=O)[O-])c2)s1. The number of carbonyl (C=O) groups excluding carboxylic acids is 2. The van der Waals surface area contributed by atoms with Crippen molar-refractivity contribution in [2.45, 2.75) is 19.8 Å². The van der Waals surface area contributed by atoms with Gasteiger partial charge in [0.2, 0.25) is 5.78 Å². The van der Waals surface area contributed by atoms with Crippen LogP contribution in [0, 0.1) is 17.0 Å². The van der Waals surface area contributed by atoms with E-state index in [-0.39, 0.29) is 23.6 Å². The molecule has 1 aliphatic heterocycles. The summed E-state index contributed by atoms with van der Waals surface area (Å²) >= 11 is 1.33. The first kappa shape index (κ1) is 18.1. The number of hydrogen-bond acceptors (Lipinski definition) is 7. The Balaban J connectivity index is 1.71. The van der Waals surface area contributed by atoms with Gasteiger partial charge in [-0.15, -0.1) is 11.3 Å². The molecule has 0 saturated carbocycles. The molecule has 1 aromatic carbocycles. The highest BCUT2D eigenvalue weighted by Crippen LogP contribution is 2.31. The first-order valence-corrected chi connectivity index (χ1v) is 9.07. The van der Waals surface area contributed by atoms with Gasteiger partial charge in [-0.05, 0) is 44.0 Å². The molecule has 0 spiro atoms. The molecule has 0 unspecified atom stereocenters. The van der Waals surface area contributed by atoms with Crippen LogP contribution >= 0.6 is 11.3 Å². The Morgan fingerprint density at radius 1 is 1.23 bits per heavy atom. The monoisotopic (exact) mass is 374 g/mol. The summed E-state index contributed by atoms with van der Waals surface area (Å²) in [6, 6.07) is 7.80. The van der Waals surface area contributed by atoms with E-state index in [0.717, 1.165) is 30.8 Å². The van der Waals surface area contributed by atoms with Crippen molar-refractivity contribution in [3.63, 3.8) is 0 Å². The van der Waals surface area contributed by atoms with Gasteiger partial charge in [-0.3, -0.25) is 14.9 Å². The van der Waals surface area contributed by atoms with Gasteiger partial charge < -0.3 is 9.64 Å². The Labute approximate surface area is 154 Å². The Hall–Kier alpha value is -2.74. The first-order chi connectivity index (χ1) is 12.5. The summed E-state index contributed by atoms with van der Waals surface area (Å²) in [5.41, 5.74) is 0.450. The third-order valence-corrected chi connectivity index (χ3v) is 5.25. The van der Waals surface area contributed by atoms with Gasteiger partial charge >= 0.3 is 5.97 Å². The van der Waals surface area contributed by atoms with Gasteiger partial charge in [-0.2, -0.15) is 0 Å². The summed E-state index contributed by atoms with van der Waals surface area (Å²) in [4.78, 5) is 38.5. The molecule has 0 bridgehead atoms. The van der Waals surface area contributed by atoms with Crippen molar-refractivity contribution in [3.05, 3.63) is 55.8 Å². The second-order valence-electron chi connectivity index (χ2n) is 6.06. The van der Waals surface area contributed by atoms with Crippen LogP contribution < -0.4 is 4.90 Å². The number of hydrogen-bond donors (Lipinski definition) is 0. The van der Waals surface area contributed by atoms with Crippen LogP contribution in [0.15, 0.2) is 30.3 Å². The van der Waals surface area contributed by atoms with Crippen LogP contribution in [-0.4, -0.2) is 36.4 Å². The lowest BCUT2D eigenvalue weighted by Gasteiger charge is -2.17. The van der Waals surface area contributed by atoms with E-state index < -0.39 is 10.9 Å². The molecule has 2 heterocycles. The average Bonchev–Trinajstić information content (AvgIpc) is 3.30. The minimum atomic E-state index is -0.747. The molecular formula is C18H18N2O5S. The molecule has 1 saturated heterocycles. The lowest BCUT2D eigenvalue weighted by molar-refractivity contribution is -0.384. The highest BCUT2D eigenvalue weighted by atomic mass is 32.1. The number of ether oxygens (including phenoxy) is 1. The third-order valence-electron chi connectivity index (χ3n) is 4.20. The largest absolute Gasteiger partial charge is 0.454 e. The van der Waals surface area contributed by atoms with E-state index in [2.05, 4.69) is 0 Å². The molecule has 0 N–H and O–H groups in total. The number of Topliss-reactive ketones (excluding diaryl/α,β-unsaturated/α-hetero) is 1. The summed E-state index contributed by atoms with van der Waals surface area (Å²) in [5, 5.41) is 11.4. The van der Waals surface area contributed by atoms with Gasteiger partial charge in [0, 0.05) is 24.0 Å². The van der Waals surface area contributed by atoms with E-state index in [9.17, 15) is 19.7 Å². The zero-order valence-electron chi connectivity index (χ0n) is 14.3. The number of esters is 1. The van der Waals surface area contributed by atoms with Crippen LogP contribution in [0.2, 0.25) is 0 Å². The smallest absolute Gasteiger partial charge is 0.338 e. The Kier molecular flexibility index (Phi) is 5.32. The molecule has 26 heavy (non-hydrogen) atoms. The minimum Gasteiger partial charge on any atom is -0.454 e. The number of rotatable bonds is 6. The normalized spacial score (nSPS) is 13.7. The van der Waals surface area contributed by atoms with Crippen LogP contribution in [0.3, 0.4) is 0 Å². The number of anilines is 1. The van der Waals surface area contributed by atoms with Crippen molar-refractivity contribution in [1.82, 2.24) is 0 Å². The van der Waals surface area contributed by atoms with E-state index in [1.54, 1.807) is 12.1 Å². The van der Waals surface area contributed by atoms with Gasteiger partial charge in [0.05, 0.1) is 15.4 Å². The molecule has 1 fully saturated rings. The molecule has 2 aromatic rings. The minimum absolute atomic E-state index is 0.0646. The summed E-state index contributed by atoms with van der Waals surface area (Å²) in [6.07, 6.45) is 1.98. The highest BCUT2D eigenvalue weighted by molar-refractivity contribution is 7.14. The van der Waals surface area contributed by atoms with Crippen molar-refractivity contribution in [1.29, 1.82) is 0 Å². The summed E-state index contributed by atoms with van der Waals surface area (Å²) in [5.74, 6) is -1.04. The zero-order valence-corrected chi connectivity index (χ0v) is 15.1. The molecule has 1 aliphatic rings. The number of thiophene rings is 1. The molecule has 7 nitrogen and oxygen atoms in total. The molecule has 0 radical (unpaired) electrons. The van der Waals surface area contributed by atoms with Crippen molar-refractivity contribution >= 4 is 34.5 Å². The van der Waals surface area contributed by atoms with Crippen LogP contribution in [0.25, 0.3) is 0 Å². The van der Waals surface area contributed by atoms with Crippen LogP contribution in [-0.2, 0) is 4.74 Å². The maximum Gasteiger partial charge on any atom is 0.338 e. The number of carbonyl (C=O) groups is 2. The van der Waals surface area contributed by atoms with E-state index in [4.69, 9.17) is 4.74 Å². The molecule has 1 aromatic heterocycles. The number of benzene rings is 1. The van der Waals surface area contributed by atoms with Crippen LogP contribution in [0.5, 0.6) is 0 Å². The van der Waals surface area contributed by atoms with E-state index in [1.165, 1.54) is 23.5 Å². The first-order valence-electron chi connectivity index (χ1n) is 8.26. The molecule has 8 heteroatoms. The van der Waals surface area contributed by atoms with E-state index in [1.807, 2.05) is 17.9 Å². The number of aryl methyl sites for hydroxylation is 1. The average molecular weight is 374 g/mol. The fourth-order valence-electron chi connectivity index (χ4n) is 2.89. The van der Waals surface area contributed by atoms with Crippen molar-refractivity contribution in [2.75, 3.05) is 24.6 Å². The topological polar surface area (TPSA) is 89.8 Å². The highest BCUT2D eigenvalue weighted by Gasteiger charge is 2.24.